The highest BCUT2D eigenvalue weighted by atomic mass is 79.9. The van der Waals surface area contributed by atoms with Gasteiger partial charge in [0.2, 0.25) is 11.7 Å². The molecule has 1 N–H and O–H groups in total. The number of aryl methyl sites for hydroxylation is 1. The van der Waals surface area contributed by atoms with E-state index in [1.54, 1.807) is 12.1 Å². The number of alkyl halides is 2. The van der Waals surface area contributed by atoms with E-state index in [0.29, 0.717) is 28.8 Å². The van der Waals surface area contributed by atoms with E-state index in [1.165, 1.54) is 10.9 Å². The third-order valence-electron chi connectivity index (χ3n) is 3.96. The number of hydrogen-bond acceptors (Lipinski definition) is 5. The molecule has 152 valence electrons. The van der Waals surface area contributed by atoms with Crippen molar-refractivity contribution in [3.8, 4) is 17.1 Å². The number of nitrogens with one attached hydrogen (secondary N) is 1. The van der Waals surface area contributed by atoms with Crippen molar-refractivity contribution in [2.24, 2.45) is 0 Å². The third kappa shape index (κ3) is 6.31. The Morgan fingerprint density at radius 2 is 2.00 bits per heavy atom. The Morgan fingerprint density at radius 1 is 1.21 bits per heavy atom. The highest BCUT2D eigenvalue weighted by molar-refractivity contribution is 9.10. The standard InChI is InChI=1S/C19H18BrF2N5O2/c20-15-8-9-16(29-19(21)22)14(11-15)12-23-17(28)7-4-10-27-25-18(24-26-27)13-5-2-1-3-6-13/h1-3,5-6,8-9,11,19H,4,7,10,12H2,(H,23,28). The molecular weight excluding hydrogens is 448 g/mol. The molecule has 0 aliphatic heterocycles. The zero-order valence-corrected chi connectivity index (χ0v) is 16.8. The molecular formula is C19H18BrF2N5O2. The summed E-state index contributed by atoms with van der Waals surface area (Å²) in [5, 5.41) is 15.0. The van der Waals surface area contributed by atoms with Gasteiger partial charge in [-0.2, -0.15) is 13.6 Å². The summed E-state index contributed by atoms with van der Waals surface area (Å²) < 4.78 is 30.2. The minimum atomic E-state index is -2.93. The molecule has 0 spiro atoms. The number of ether oxygens (including phenoxy) is 1. The summed E-state index contributed by atoms with van der Waals surface area (Å²) in [6.07, 6.45) is 0.747. The monoisotopic (exact) mass is 465 g/mol. The lowest BCUT2D eigenvalue weighted by Crippen LogP contribution is -2.23. The number of aromatic nitrogens is 4. The van der Waals surface area contributed by atoms with E-state index in [1.807, 2.05) is 30.3 Å². The van der Waals surface area contributed by atoms with Crippen LogP contribution in [0, 0.1) is 0 Å². The molecule has 1 heterocycles. The van der Waals surface area contributed by atoms with Crippen LogP contribution in [0.3, 0.4) is 0 Å². The summed E-state index contributed by atoms with van der Waals surface area (Å²) >= 11 is 3.28. The van der Waals surface area contributed by atoms with Gasteiger partial charge in [0.15, 0.2) is 0 Å². The minimum Gasteiger partial charge on any atom is -0.434 e. The van der Waals surface area contributed by atoms with Crippen LogP contribution in [0.5, 0.6) is 5.75 Å². The Hall–Kier alpha value is -2.88. The molecule has 7 nitrogen and oxygen atoms in total. The van der Waals surface area contributed by atoms with Gasteiger partial charge in [-0.3, -0.25) is 4.79 Å². The molecule has 0 fully saturated rings. The average molecular weight is 466 g/mol. The van der Waals surface area contributed by atoms with Gasteiger partial charge in [-0.05, 0) is 29.8 Å². The van der Waals surface area contributed by atoms with E-state index in [9.17, 15) is 13.6 Å². The van der Waals surface area contributed by atoms with Gasteiger partial charge in [-0.1, -0.05) is 46.3 Å². The SMILES string of the molecule is O=C(CCCn1nnc(-c2ccccc2)n1)NCc1cc(Br)ccc1OC(F)F. The first-order valence-corrected chi connectivity index (χ1v) is 9.64. The number of amides is 1. The van der Waals surface area contributed by atoms with Gasteiger partial charge in [0.25, 0.3) is 0 Å². The summed E-state index contributed by atoms with van der Waals surface area (Å²) in [5.41, 5.74) is 1.32. The van der Waals surface area contributed by atoms with Crippen LogP contribution < -0.4 is 10.1 Å². The van der Waals surface area contributed by atoms with Gasteiger partial charge in [-0.15, -0.1) is 10.2 Å². The average Bonchev–Trinajstić information content (AvgIpc) is 3.17. The molecule has 0 aliphatic rings. The molecule has 0 saturated heterocycles. The topological polar surface area (TPSA) is 81.9 Å². The zero-order valence-electron chi connectivity index (χ0n) is 15.3. The van der Waals surface area contributed by atoms with Gasteiger partial charge < -0.3 is 10.1 Å². The number of carbonyl (C=O) groups is 1. The maximum absolute atomic E-state index is 12.5. The Bertz CT molecular complexity index is 953. The van der Waals surface area contributed by atoms with Crippen molar-refractivity contribution in [3.05, 3.63) is 58.6 Å². The smallest absolute Gasteiger partial charge is 0.387 e. The van der Waals surface area contributed by atoms with Crippen molar-refractivity contribution in [2.45, 2.75) is 32.5 Å². The first-order valence-electron chi connectivity index (χ1n) is 8.84. The maximum Gasteiger partial charge on any atom is 0.387 e. The van der Waals surface area contributed by atoms with Gasteiger partial charge in [0.05, 0.1) is 6.54 Å². The van der Waals surface area contributed by atoms with Crippen molar-refractivity contribution in [1.82, 2.24) is 25.5 Å². The number of tetrazole rings is 1. The third-order valence-corrected chi connectivity index (χ3v) is 4.45. The van der Waals surface area contributed by atoms with Crippen LogP contribution in [-0.2, 0) is 17.9 Å². The van der Waals surface area contributed by atoms with Crippen molar-refractivity contribution in [3.63, 3.8) is 0 Å². The number of hydrogen-bond donors (Lipinski definition) is 1. The number of benzene rings is 2. The first kappa shape index (κ1) is 20.8. The summed E-state index contributed by atoms with van der Waals surface area (Å²) in [6.45, 7) is -2.41. The predicted octanol–water partition coefficient (Wildman–Crippen LogP) is 3.80. The summed E-state index contributed by atoms with van der Waals surface area (Å²) in [4.78, 5) is 13.5. The Balaban J connectivity index is 1.46. The molecule has 0 radical (unpaired) electrons. The number of halogens is 3. The molecule has 3 aromatic rings. The predicted molar refractivity (Wildman–Crippen MR) is 105 cm³/mol. The van der Waals surface area contributed by atoms with Crippen LogP contribution in [0.2, 0.25) is 0 Å². The lowest BCUT2D eigenvalue weighted by molar-refractivity contribution is -0.121. The molecule has 10 heteroatoms. The van der Waals surface area contributed by atoms with Crippen LogP contribution in [0.4, 0.5) is 8.78 Å². The molecule has 2 aromatic carbocycles. The second-order valence-corrected chi connectivity index (χ2v) is 7.00. The normalized spacial score (nSPS) is 10.9. The summed E-state index contributed by atoms with van der Waals surface area (Å²) in [7, 11) is 0. The van der Waals surface area contributed by atoms with Crippen molar-refractivity contribution in [2.75, 3.05) is 0 Å². The second kappa shape index (κ2) is 10.1. The summed E-state index contributed by atoms with van der Waals surface area (Å²) in [5.74, 6) is 0.344. The van der Waals surface area contributed by atoms with Crippen LogP contribution in [0.15, 0.2) is 53.0 Å². The number of carbonyl (C=O) groups excluding carboxylic acids is 1. The largest absolute Gasteiger partial charge is 0.434 e. The molecule has 0 aliphatic carbocycles. The Labute approximate surface area is 174 Å². The van der Waals surface area contributed by atoms with Crippen LogP contribution in [0.1, 0.15) is 18.4 Å². The highest BCUT2D eigenvalue weighted by Gasteiger charge is 2.12. The maximum atomic E-state index is 12.5. The molecule has 29 heavy (non-hydrogen) atoms. The van der Waals surface area contributed by atoms with E-state index in [-0.39, 0.29) is 24.6 Å². The molecule has 1 amide bonds. The fourth-order valence-corrected chi connectivity index (χ4v) is 3.01. The molecule has 0 atom stereocenters. The van der Waals surface area contributed by atoms with E-state index in [4.69, 9.17) is 0 Å². The second-order valence-electron chi connectivity index (χ2n) is 6.09. The Morgan fingerprint density at radius 3 is 2.76 bits per heavy atom. The van der Waals surface area contributed by atoms with Crippen LogP contribution >= 0.6 is 15.9 Å². The fourth-order valence-electron chi connectivity index (χ4n) is 2.60. The van der Waals surface area contributed by atoms with Gasteiger partial charge in [0.1, 0.15) is 5.75 Å². The van der Waals surface area contributed by atoms with E-state index >= 15 is 0 Å². The molecule has 0 bridgehead atoms. The van der Waals surface area contributed by atoms with E-state index in [2.05, 4.69) is 41.4 Å². The van der Waals surface area contributed by atoms with Crippen molar-refractivity contribution < 1.29 is 18.3 Å². The fraction of sp³-hybridized carbons (Fsp3) is 0.263. The van der Waals surface area contributed by atoms with Crippen molar-refractivity contribution >= 4 is 21.8 Å². The quantitative estimate of drug-likeness (QED) is 0.519. The first-order chi connectivity index (χ1) is 14.0. The van der Waals surface area contributed by atoms with Crippen LogP contribution in [0.25, 0.3) is 11.4 Å². The van der Waals surface area contributed by atoms with E-state index < -0.39 is 6.61 Å². The van der Waals surface area contributed by atoms with Crippen LogP contribution in [-0.4, -0.2) is 32.7 Å². The van der Waals surface area contributed by atoms with E-state index in [0.717, 1.165) is 5.56 Å². The van der Waals surface area contributed by atoms with Crippen molar-refractivity contribution in [1.29, 1.82) is 0 Å². The molecule has 1 aromatic heterocycles. The van der Waals surface area contributed by atoms with Gasteiger partial charge in [0, 0.05) is 28.6 Å². The number of nitrogens with zero attached hydrogens (tertiary/aromatic N) is 4. The molecule has 3 rings (SSSR count). The Kier molecular flexibility index (Phi) is 7.23. The minimum absolute atomic E-state index is 0.0313. The lowest BCUT2D eigenvalue weighted by Gasteiger charge is -2.12. The van der Waals surface area contributed by atoms with Gasteiger partial charge in [-0.25, -0.2) is 0 Å². The highest BCUT2D eigenvalue weighted by Crippen LogP contribution is 2.24. The molecule has 0 saturated carbocycles. The zero-order chi connectivity index (χ0) is 20.6. The number of rotatable bonds is 9. The summed E-state index contributed by atoms with van der Waals surface area (Å²) in [6, 6.07) is 14.1. The molecule has 0 unspecified atom stereocenters. The van der Waals surface area contributed by atoms with Gasteiger partial charge >= 0.3 is 6.61 Å². The lowest BCUT2D eigenvalue weighted by atomic mass is 10.2.